The van der Waals surface area contributed by atoms with E-state index in [0.717, 1.165) is 0 Å². The zero-order valence-electron chi connectivity index (χ0n) is 4.39. The molecule has 0 N–H and O–H groups in total. The molecule has 0 bridgehead atoms. The first-order valence-corrected chi connectivity index (χ1v) is 3.39. The Morgan fingerprint density at radius 3 is 1.86 bits per heavy atom. The normalized spacial score (nSPS) is 25.1. The summed E-state index contributed by atoms with van der Waals surface area (Å²) in [6, 6.07) is 0. The Bertz CT molecular complexity index is 50.0. The van der Waals surface area contributed by atoms with Crippen molar-refractivity contribution in [3.63, 3.8) is 0 Å². The van der Waals surface area contributed by atoms with Gasteiger partial charge in [-0.25, -0.2) is 0 Å². The van der Waals surface area contributed by atoms with E-state index in [1.54, 1.807) is 0 Å². The molecule has 1 fully saturated rings. The van der Waals surface area contributed by atoms with Crippen LogP contribution >= 0.6 is 0 Å². The molecule has 2 heteroatoms. The molecule has 0 atom stereocenters. The first-order chi connectivity index (χ1) is 3.39. The quantitative estimate of drug-likeness (QED) is 0.479. The van der Waals surface area contributed by atoms with Crippen molar-refractivity contribution in [3.8, 4) is 0 Å². The molecule has 0 radical (unpaired) electrons. The Morgan fingerprint density at radius 1 is 1.00 bits per heavy atom. The van der Waals surface area contributed by atoms with E-state index in [0.29, 0.717) is 0 Å². The van der Waals surface area contributed by atoms with Crippen LogP contribution in [0.4, 0.5) is 0 Å². The van der Waals surface area contributed by atoms with Gasteiger partial charge in [-0.1, -0.05) is 0 Å². The third-order valence-corrected chi connectivity index (χ3v) is 1.89. The van der Waals surface area contributed by atoms with E-state index in [2.05, 4.69) is 20.4 Å². The van der Waals surface area contributed by atoms with E-state index in [1.165, 1.54) is 32.4 Å². The summed E-state index contributed by atoms with van der Waals surface area (Å²) in [6.07, 6.45) is 4.19. The minimum atomic E-state index is 1.26. The number of hydrogen-bond acceptors (Lipinski definition) is 1. The van der Waals surface area contributed by atoms with E-state index in [1.807, 2.05) is 0 Å². The molecule has 41 valence electrons. The monoisotopic (exact) mass is 136 g/mol. The van der Waals surface area contributed by atoms with Gasteiger partial charge in [0.1, 0.15) is 0 Å². The number of rotatable bonds is 0. The molecule has 0 aromatic carbocycles. The second kappa shape index (κ2) is 2.72. The van der Waals surface area contributed by atoms with Crippen LogP contribution in [0.1, 0.15) is 19.3 Å². The van der Waals surface area contributed by atoms with E-state index < -0.39 is 0 Å². The van der Waals surface area contributed by atoms with Crippen LogP contribution in [0.5, 0.6) is 0 Å². The molecule has 1 aliphatic rings. The maximum atomic E-state index is 3.01. The third kappa shape index (κ3) is 1.82. The van der Waals surface area contributed by atoms with Crippen LogP contribution in [0.2, 0.25) is 0 Å². The molecule has 0 saturated carbocycles. The topological polar surface area (TPSA) is 3.24 Å². The van der Waals surface area contributed by atoms with Gasteiger partial charge in [0, 0.05) is 0 Å². The summed E-state index contributed by atoms with van der Waals surface area (Å²) in [5.74, 6) is 0. The van der Waals surface area contributed by atoms with Gasteiger partial charge in [-0.2, -0.15) is 0 Å². The standard InChI is InChI=1S/C5H10N.Cr/c1-2-4-6-5-3-1;/h1-5H2;/q-1;+1. The van der Waals surface area contributed by atoms with Crippen molar-refractivity contribution in [2.24, 2.45) is 0 Å². The van der Waals surface area contributed by atoms with Crippen molar-refractivity contribution in [2.45, 2.75) is 19.3 Å². The van der Waals surface area contributed by atoms with Crippen molar-refractivity contribution in [3.05, 3.63) is 0 Å². The summed E-state index contributed by atoms with van der Waals surface area (Å²) < 4.78 is 2.27. The van der Waals surface area contributed by atoms with E-state index in [-0.39, 0.29) is 0 Å². The summed E-state index contributed by atoms with van der Waals surface area (Å²) in [6.45, 7) is 2.53. The zero-order chi connectivity index (χ0) is 5.11. The van der Waals surface area contributed by atoms with Crippen LogP contribution in [0, 0.1) is 0 Å². The fraction of sp³-hybridized carbons (Fsp3) is 1.00. The number of nitrogens with zero attached hydrogens (tertiary/aromatic N) is 1. The second-order valence-corrected chi connectivity index (χ2v) is 2.80. The first-order valence-electron chi connectivity index (χ1n) is 2.82. The second-order valence-electron chi connectivity index (χ2n) is 1.99. The predicted molar refractivity (Wildman–Crippen MR) is 25.4 cm³/mol. The van der Waals surface area contributed by atoms with Gasteiger partial charge in [0.05, 0.1) is 0 Å². The van der Waals surface area contributed by atoms with Crippen LogP contribution in [0.15, 0.2) is 0 Å². The molecule has 1 nitrogen and oxygen atoms in total. The van der Waals surface area contributed by atoms with Gasteiger partial charge in [-0.3, -0.25) is 0 Å². The Kier molecular flexibility index (Phi) is 2.18. The molecule has 1 aliphatic heterocycles. The summed E-state index contributed by atoms with van der Waals surface area (Å²) in [5.41, 5.74) is 0. The maximum absolute atomic E-state index is 3.01. The Hall–Kier alpha value is 0.492. The number of hydrogen-bond donors (Lipinski definition) is 0. The van der Waals surface area contributed by atoms with Crippen LogP contribution in [0.3, 0.4) is 0 Å². The average molecular weight is 136 g/mol. The predicted octanol–water partition coefficient (Wildman–Crippen LogP) is 0.934. The van der Waals surface area contributed by atoms with Crippen LogP contribution in [-0.4, -0.2) is 17.0 Å². The molecule has 0 amide bonds. The fourth-order valence-electron chi connectivity index (χ4n) is 0.865. The number of piperidine rings is 1. The SMILES string of the molecule is [Cr][N]1CCCCC1. The Labute approximate surface area is 53.3 Å². The molecular formula is C5H10CrN. The van der Waals surface area contributed by atoms with Crippen LogP contribution in [0.25, 0.3) is 0 Å². The van der Waals surface area contributed by atoms with Gasteiger partial charge in [0.15, 0.2) is 0 Å². The molecule has 0 unspecified atom stereocenters. The Balaban J connectivity index is 2.12. The molecule has 1 rings (SSSR count). The summed E-state index contributed by atoms with van der Waals surface area (Å²) >= 11 is 3.01. The molecule has 0 aromatic rings. The van der Waals surface area contributed by atoms with Gasteiger partial charge >= 0.3 is 52.7 Å². The molecule has 0 aliphatic carbocycles. The molecule has 0 spiro atoms. The molecule has 0 aromatic heterocycles. The van der Waals surface area contributed by atoms with Gasteiger partial charge in [-0.05, 0) is 0 Å². The van der Waals surface area contributed by atoms with Gasteiger partial charge < -0.3 is 0 Å². The zero-order valence-corrected chi connectivity index (χ0v) is 5.67. The van der Waals surface area contributed by atoms with Crippen LogP contribution in [-0.2, 0) is 16.5 Å². The van der Waals surface area contributed by atoms with Crippen LogP contribution < -0.4 is 0 Å². The van der Waals surface area contributed by atoms with Crippen molar-refractivity contribution >= 4 is 0 Å². The van der Waals surface area contributed by atoms with Crippen molar-refractivity contribution < 1.29 is 16.5 Å². The molecule has 7 heavy (non-hydrogen) atoms. The van der Waals surface area contributed by atoms with E-state index in [4.69, 9.17) is 0 Å². The summed E-state index contributed by atoms with van der Waals surface area (Å²) in [4.78, 5) is 0. The van der Waals surface area contributed by atoms with Gasteiger partial charge in [0.2, 0.25) is 0 Å². The van der Waals surface area contributed by atoms with Crippen molar-refractivity contribution in [1.29, 1.82) is 0 Å². The van der Waals surface area contributed by atoms with Crippen molar-refractivity contribution in [1.82, 2.24) is 3.88 Å². The summed E-state index contributed by atoms with van der Waals surface area (Å²) in [7, 11) is 0. The van der Waals surface area contributed by atoms with E-state index in [9.17, 15) is 0 Å². The molecule has 1 heterocycles. The van der Waals surface area contributed by atoms with Crippen molar-refractivity contribution in [2.75, 3.05) is 13.1 Å². The average Bonchev–Trinajstić information content (AvgIpc) is 1.69. The minimum absolute atomic E-state index is 1.26. The van der Waals surface area contributed by atoms with Gasteiger partial charge in [-0.15, -0.1) is 0 Å². The molecule has 1 saturated heterocycles. The Morgan fingerprint density at radius 2 is 1.57 bits per heavy atom. The first kappa shape index (κ1) is 5.63. The van der Waals surface area contributed by atoms with E-state index >= 15 is 0 Å². The third-order valence-electron chi connectivity index (χ3n) is 1.32. The molecular weight excluding hydrogens is 126 g/mol. The fourth-order valence-corrected chi connectivity index (χ4v) is 1.27. The summed E-state index contributed by atoms with van der Waals surface area (Å²) in [5, 5.41) is 0. The van der Waals surface area contributed by atoms with Gasteiger partial charge in [0.25, 0.3) is 0 Å².